The SMILES string of the molecule is CC(=O)N[C@@H](C)CCCC1OCCCO1. The first kappa shape index (κ1) is 12.5. The third kappa shape index (κ3) is 5.74. The number of nitrogens with one attached hydrogen (secondary N) is 1. The second-order valence-corrected chi connectivity index (χ2v) is 4.06. The van der Waals surface area contributed by atoms with E-state index in [4.69, 9.17) is 9.47 Å². The predicted octanol–water partition coefficient (Wildman–Crippen LogP) is 1.44. The number of ether oxygens (including phenoxy) is 2. The van der Waals surface area contributed by atoms with Crippen molar-refractivity contribution in [3.8, 4) is 0 Å². The van der Waals surface area contributed by atoms with Gasteiger partial charge < -0.3 is 14.8 Å². The van der Waals surface area contributed by atoms with Crippen molar-refractivity contribution in [1.29, 1.82) is 0 Å². The average molecular weight is 215 g/mol. The first-order valence-electron chi connectivity index (χ1n) is 5.69. The molecule has 15 heavy (non-hydrogen) atoms. The number of carbonyl (C=O) groups is 1. The standard InChI is InChI=1S/C11H21NO3/c1-9(12-10(2)13)5-3-6-11-14-7-4-8-15-11/h9,11H,3-8H2,1-2H3,(H,12,13)/t9-/m0/s1. The normalized spacial score (nSPS) is 19.9. The number of hydrogen-bond donors (Lipinski definition) is 1. The van der Waals surface area contributed by atoms with Crippen LogP contribution in [0.4, 0.5) is 0 Å². The highest BCUT2D eigenvalue weighted by Gasteiger charge is 2.14. The Balaban J connectivity index is 2.02. The maximum absolute atomic E-state index is 10.8. The third-order valence-electron chi connectivity index (χ3n) is 2.42. The lowest BCUT2D eigenvalue weighted by Crippen LogP contribution is -2.31. The van der Waals surface area contributed by atoms with Gasteiger partial charge in [-0.3, -0.25) is 4.79 Å². The Hall–Kier alpha value is -0.610. The summed E-state index contributed by atoms with van der Waals surface area (Å²) in [7, 11) is 0. The summed E-state index contributed by atoms with van der Waals surface area (Å²) in [5, 5.41) is 2.86. The van der Waals surface area contributed by atoms with Gasteiger partial charge in [-0.05, 0) is 32.6 Å². The fourth-order valence-electron chi connectivity index (χ4n) is 1.71. The fourth-order valence-corrected chi connectivity index (χ4v) is 1.71. The Morgan fingerprint density at radius 3 is 2.73 bits per heavy atom. The van der Waals surface area contributed by atoms with Gasteiger partial charge in [-0.1, -0.05) is 0 Å². The van der Waals surface area contributed by atoms with E-state index in [2.05, 4.69) is 5.32 Å². The number of hydrogen-bond acceptors (Lipinski definition) is 3. The molecule has 1 aliphatic heterocycles. The molecule has 1 N–H and O–H groups in total. The van der Waals surface area contributed by atoms with Crippen molar-refractivity contribution in [1.82, 2.24) is 5.32 Å². The minimum Gasteiger partial charge on any atom is -0.354 e. The summed E-state index contributed by atoms with van der Waals surface area (Å²) in [6.45, 7) is 5.19. The molecule has 1 aliphatic rings. The molecule has 1 saturated heterocycles. The van der Waals surface area contributed by atoms with Gasteiger partial charge in [-0.15, -0.1) is 0 Å². The Kier molecular flexibility index (Phi) is 5.65. The molecule has 1 fully saturated rings. The zero-order chi connectivity index (χ0) is 11.1. The van der Waals surface area contributed by atoms with Crippen molar-refractivity contribution in [2.45, 2.75) is 51.9 Å². The quantitative estimate of drug-likeness (QED) is 0.755. The topological polar surface area (TPSA) is 47.6 Å². The smallest absolute Gasteiger partial charge is 0.217 e. The molecule has 0 radical (unpaired) electrons. The number of carbonyl (C=O) groups excluding carboxylic acids is 1. The van der Waals surface area contributed by atoms with Crippen LogP contribution in [0.25, 0.3) is 0 Å². The molecule has 0 saturated carbocycles. The van der Waals surface area contributed by atoms with Crippen LogP contribution in [0.5, 0.6) is 0 Å². The van der Waals surface area contributed by atoms with Crippen molar-refractivity contribution in [3.05, 3.63) is 0 Å². The summed E-state index contributed by atoms with van der Waals surface area (Å²) in [5.41, 5.74) is 0. The molecule has 0 aromatic carbocycles. The maximum Gasteiger partial charge on any atom is 0.217 e. The van der Waals surface area contributed by atoms with E-state index < -0.39 is 0 Å². The second-order valence-electron chi connectivity index (χ2n) is 4.06. The van der Waals surface area contributed by atoms with Crippen molar-refractivity contribution in [2.75, 3.05) is 13.2 Å². The van der Waals surface area contributed by atoms with Crippen LogP contribution in [0.3, 0.4) is 0 Å². The molecule has 0 bridgehead atoms. The van der Waals surface area contributed by atoms with E-state index in [0.717, 1.165) is 38.9 Å². The van der Waals surface area contributed by atoms with Gasteiger partial charge in [0.2, 0.25) is 5.91 Å². The summed E-state index contributed by atoms with van der Waals surface area (Å²) in [4.78, 5) is 10.8. The largest absolute Gasteiger partial charge is 0.354 e. The molecule has 0 aromatic heterocycles. The molecule has 4 nitrogen and oxygen atoms in total. The molecule has 1 rings (SSSR count). The zero-order valence-corrected chi connectivity index (χ0v) is 9.62. The maximum atomic E-state index is 10.8. The van der Waals surface area contributed by atoms with Crippen molar-refractivity contribution in [2.24, 2.45) is 0 Å². The molecular formula is C11H21NO3. The van der Waals surface area contributed by atoms with Gasteiger partial charge >= 0.3 is 0 Å². The monoisotopic (exact) mass is 215 g/mol. The Labute approximate surface area is 91.3 Å². The highest BCUT2D eigenvalue weighted by molar-refractivity contribution is 5.73. The molecule has 1 heterocycles. The van der Waals surface area contributed by atoms with Crippen LogP contribution in [0, 0.1) is 0 Å². The minimum atomic E-state index is -0.0247. The van der Waals surface area contributed by atoms with Crippen molar-refractivity contribution in [3.63, 3.8) is 0 Å². The fraction of sp³-hybridized carbons (Fsp3) is 0.909. The van der Waals surface area contributed by atoms with Gasteiger partial charge in [0.05, 0.1) is 13.2 Å². The Bertz CT molecular complexity index is 190. The molecule has 0 aromatic rings. The van der Waals surface area contributed by atoms with Crippen molar-refractivity contribution >= 4 is 5.91 Å². The predicted molar refractivity (Wildman–Crippen MR) is 57.4 cm³/mol. The summed E-state index contributed by atoms with van der Waals surface area (Å²) < 4.78 is 10.9. The van der Waals surface area contributed by atoms with E-state index in [-0.39, 0.29) is 18.2 Å². The second kappa shape index (κ2) is 6.80. The highest BCUT2D eigenvalue weighted by Crippen LogP contribution is 2.12. The number of rotatable bonds is 5. The van der Waals surface area contributed by atoms with Gasteiger partial charge in [0.1, 0.15) is 0 Å². The van der Waals surface area contributed by atoms with Crippen LogP contribution < -0.4 is 5.32 Å². The molecule has 1 amide bonds. The lowest BCUT2D eigenvalue weighted by atomic mass is 10.1. The molecule has 0 aliphatic carbocycles. The van der Waals surface area contributed by atoms with Crippen LogP contribution >= 0.6 is 0 Å². The minimum absolute atomic E-state index is 0.0247. The Morgan fingerprint density at radius 2 is 2.13 bits per heavy atom. The van der Waals surface area contributed by atoms with E-state index in [1.165, 1.54) is 0 Å². The van der Waals surface area contributed by atoms with Gasteiger partial charge in [0, 0.05) is 13.0 Å². The van der Waals surface area contributed by atoms with Crippen LogP contribution in [0.15, 0.2) is 0 Å². The van der Waals surface area contributed by atoms with E-state index >= 15 is 0 Å². The first-order valence-corrected chi connectivity index (χ1v) is 5.69. The Morgan fingerprint density at radius 1 is 1.47 bits per heavy atom. The lowest BCUT2D eigenvalue weighted by molar-refractivity contribution is -0.181. The zero-order valence-electron chi connectivity index (χ0n) is 9.62. The van der Waals surface area contributed by atoms with Crippen LogP contribution in [0.1, 0.15) is 39.5 Å². The molecule has 88 valence electrons. The van der Waals surface area contributed by atoms with Gasteiger partial charge in [-0.2, -0.15) is 0 Å². The van der Waals surface area contributed by atoms with Crippen LogP contribution in [-0.4, -0.2) is 31.5 Å². The van der Waals surface area contributed by atoms with E-state index in [1.54, 1.807) is 6.92 Å². The summed E-state index contributed by atoms with van der Waals surface area (Å²) in [5.74, 6) is 0.0349. The van der Waals surface area contributed by atoms with E-state index in [1.807, 2.05) is 6.92 Å². The highest BCUT2D eigenvalue weighted by atomic mass is 16.7. The van der Waals surface area contributed by atoms with Gasteiger partial charge in [-0.25, -0.2) is 0 Å². The summed E-state index contributed by atoms with van der Waals surface area (Å²) >= 11 is 0. The van der Waals surface area contributed by atoms with Crippen molar-refractivity contribution < 1.29 is 14.3 Å². The number of amides is 1. The van der Waals surface area contributed by atoms with E-state index in [9.17, 15) is 4.79 Å². The lowest BCUT2D eigenvalue weighted by Gasteiger charge is -2.23. The molecular weight excluding hydrogens is 194 g/mol. The molecule has 4 heteroatoms. The molecule has 0 spiro atoms. The summed E-state index contributed by atoms with van der Waals surface area (Å²) in [6, 6.07) is 0.242. The molecule has 0 unspecified atom stereocenters. The van der Waals surface area contributed by atoms with Gasteiger partial charge in [0.25, 0.3) is 0 Å². The third-order valence-corrected chi connectivity index (χ3v) is 2.42. The first-order chi connectivity index (χ1) is 7.18. The van der Waals surface area contributed by atoms with Crippen LogP contribution in [0.2, 0.25) is 0 Å². The van der Waals surface area contributed by atoms with Crippen LogP contribution in [-0.2, 0) is 14.3 Å². The molecule has 1 atom stereocenters. The average Bonchev–Trinajstić information content (AvgIpc) is 2.18. The van der Waals surface area contributed by atoms with Gasteiger partial charge in [0.15, 0.2) is 6.29 Å². The van der Waals surface area contributed by atoms with E-state index in [0.29, 0.717) is 0 Å². The summed E-state index contributed by atoms with van der Waals surface area (Å²) in [6.07, 6.45) is 3.89.